The topological polar surface area (TPSA) is 55.1 Å². The highest BCUT2D eigenvalue weighted by Gasteiger charge is 2.47. The average molecular weight is 188 g/mol. The minimum Gasteiger partial charge on any atom is -0.368 e. The molecular formula is C8H16N2OS. The van der Waals surface area contributed by atoms with Crippen LogP contribution in [-0.4, -0.2) is 21.6 Å². The zero-order valence-corrected chi connectivity index (χ0v) is 8.79. The number of nitrogens with two attached hydrogens (primary N) is 1. The Morgan fingerprint density at radius 3 is 2.08 bits per heavy atom. The molecule has 1 heterocycles. The quantitative estimate of drug-likeness (QED) is 0.636. The molecule has 0 aromatic rings. The van der Waals surface area contributed by atoms with Gasteiger partial charge in [0.05, 0.1) is 4.87 Å². The van der Waals surface area contributed by atoms with Gasteiger partial charge in [-0.15, -0.1) is 11.8 Å². The van der Waals surface area contributed by atoms with E-state index >= 15 is 0 Å². The molecular weight excluding hydrogens is 172 g/mol. The summed E-state index contributed by atoms with van der Waals surface area (Å²) in [6.07, 6.45) is 0. The van der Waals surface area contributed by atoms with Crippen molar-refractivity contribution in [3.8, 4) is 0 Å². The first-order chi connectivity index (χ1) is 5.25. The highest BCUT2D eigenvalue weighted by atomic mass is 32.2. The van der Waals surface area contributed by atoms with Gasteiger partial charge in [0.2, 0.25) is 5.91 Å². The van der Waals surface area contributed by atoms with Crippen molar-refractivity contribution >= 4 is 17.7 Å². The van der Waals surface area contributed by atoms with Crippen LogP contribution in [0, 0.1) is 0 Å². The summed E-state index contributed by atoms with van der Waals surface area (Å²) in [4.78, 5) is 11.0. The van der Waals surface area contributed by atoms with Crippen molar-refractivity contribution < 1.29 is 4.79 Å². The fraction of sp³-hybridized carbons (Fsp3) is 0.875. The van der Waals surface area contributed by atoms with E-state index in [9.17, 15) is 4.79 Å². The van der Waals surface area contributed by atoms with Gasteiger partial charge in [0, 0.05) is 4.75 Å². The Morgan fingerprint density at radius 1 is 1.42 bits per heavy atom. The maximum Gasteiger partial charge on any atom is 0.236 e. The third-order valence-electron chi connectivity index (χ3n) is 1.99. The summed E-state index contributed by atoms with van der Waals surface area (Å²) in [5.41, 5.74) is 5.28. The zero-order valence-electron chi connectivity index (χ0n) is 7.97. The van der Waals surface area contributed by atoms with Crippen molar-refractivity contribution in [2.45, 2.75) is 43.4 Å². The van der Waals surface area contributed by atoms with Gasteiger partial charge in [-0.1, -0.05) is 0 Å². The summed E-state index contributed by atoms with van der Waals surface area (Å²) >= 11 is 1.75. The smallest absolute Gasteiger partial charge is 0.236 e. The van der Waals surface area contributed by atoms with E-state index in [1.807, 2.05) is 13.8 Å². The highest BCUT2D eigenvalue weighted by Crippen LogP contribution is 2.43. The molecule has 0 spiro atoms. The normalized spacial score (nSPS) is 31.8. The number of hydrogen-bond donors (Lipinski definition) is 2. The molecule has 1 atom stereocenters. The summed E-state index contributed by atoms with van der Waals surface area (Å²) in [5, 5.41) is 3.21. The van der Waals surface area contributed by atoms with Crippen molar-refractivity contribution in [1.82, 2.24) is 5.32 Å². The predicted molar refractivity (Wildman–Crippen MR) is 51.9 cm³/mol. The molecule has 4 heteroatoms. The second-order valence-corrected chi connectivity index (χ2v) is 6.47. The van der Waals surface area contributed by atoms with Crippen LogP contribution in [0.25, 0.3) is 0 Å². The molecule has 0 saturated carbocycles. The van der Waals surface area contributed by atoms with Gasteiger partial charge in [-0.05, 0) is 27.7 Å². The number of amides is 1. The molecule has 0 bridgehead atoms. The third kappa shape index (κ3) is 1.75. The van der Waals surface area contributed by atoms with Crippen molar-refractivity contribution in [3.63, 3.8) is 0 Å². The maximum atomic E-state index is 11.1. The summed E-state index contributed by atoms with van der Waals surface area (Å²) < 4.78 is -0.102. The minimum absolute atomic E-state index is 0.0524. The second-order valence-electron chi connectivity index (χ2n) is 4.20. The first kappa shape index (κ1) is 9.86. The lowest BCUT2D eigenvalue weighted by Gasteiger charge is -2.22. The van der Waals surface area contributed by atoms with Crippen molar-refractivity contribution in [2.24, 2.45) is 5.73 Å². The largest absolute Gasteiger partial charge is 0.368 e. The number of rotatable bonds is 1. The van der Waals surface area contributed by atoms with Gasteiger partial charge in [0.1, 0.15) is 6.04 Å². The Hall–Kier alpha value is -0.220. The average Bonchev–Trinajstić information content (AvgIpc) is 1.99. The Morgan fingerprint density at radius 2 is 1.92 bits per heavy atom. The van der Waals surface area contributed by atoms with E-state index in [0.29, 0.717) is 0 Å². The number of thioether (sulfide) groups is 1. The summed E-state index contributed by atoms with van der Waals surface area (Å²) in [6.45, 7) is 8.19. The monoisotopic (exact) mass is 188 g/mol. The van der Waals surface area contributed by atoms with E-state index in [0.717, 1.165) is 0 Å². The molecule has 1 unspecified atom stereocenters. The molecule has 3 nitrogen and oxygen atoms in total. The standard InChI is InChI=1S/C8H16N2OS/c1-7(2)5(6(9)11)10-8(3,4)12-7/h5,10H,1-4H3,(H2,9,11). The van der Waals surface area contributed by atoms with E-state index in [1.54, 1.807) is 11.8 Å². The second kappa shape index (κ2) is 2.64. The van der Waals surface area contributed by atoms with Gasteiger partial charge in [-0.3, -0.25) is 10.1 Å². The van der Waals surface area contributed by atoms with Crippen LogP contribution in [-0.2, 0) is 4.79 Å². The van der Waals surface area contributed by atoms with Gasteiger partial charge in [0.25, 0.3) is 0 Å². The van der Waals surface area contributed by atoms with E-state index in [2.05, 4.69) is 19.2 Å². The zero-order chi connectivity index (χ0) is 9.57. The Labute approximate surface area is 77.5 Å². The molecule has 0 radical (unpaired) electrons. The van der Waals surface area contributed by atoms with Crippen LogP contribution >= 0.6 is 11.8 Å². The lowest BCUT2D eigenvalue weighted by molar-refractivity contribution is -0.120. The SMILES string of the molecule is CC1(C)NC(C(N)=O)C(C)(C)S1. The first-order valence-corrected chi connectivity index (χ1v) is 4.83. The lowest BCUT2D eigenvalue weighted by Crippen LogP contribution is -2.49. The van der Waals surface area contributed by atoms with Gasteiger partial charge in [0.15, 0.2) is 0 Å². The van der Waals surface area contributed by atoms with Crippen LogP contribution in [0.5, 0.6) is 0 Å². The van der Waals surface area contributed by atoms with Crippen LogP contribution in [0.3, 0.4) is 0 Å². The molecule has 1 saturated heterocycles. The van der Waals surface area contributed by atoms with E-state index in [1.165, 1.54) is 0 Å². The Balaban J connectivity index is 2.85. The van der Waals surface area contributed by atoms with Crippen molar-refractivity contribution in [1.29, 1.82) is 0 Å². The van der Waals surface area contributed by atoms with E-state index in [-0.39, 0.29) is 21.6 Å². The molecule has 1 aliphatic rings. The van der Waals surface area contributed by atoms with Crippen LogP contribution < -0.4 is 11.1 Å². The highest BCUT2D eigenvalue weighted by molar-refractivity contribution is 8.02. The van der Waals surface area contributed by atoms with Gasteiger partial charge >= 0.3 is 0 Å². The summed E-state index contributed by atoms with van der Waals surface area (Å²) in [5.74, 6) is -0.266. The Kier molecular flexibility index (Phi) is 2.17. The molecule has 70 valence electrons. The van der Waals surface area contributed by atoms with Crippen LogP contribution in [0.15, 0.2) is 0 Å². The summed E-state index contributed by atoms with van der Waals surface area (Å²) in [6, 6.07) is -0.225. The lowest BCUT2D eigenvalue weighted by atomic mass is 10.0. The molecule has 1 aliphatic heterocycles. The van der Waals surface area contributed by atoms with Crippen LogP contribution in [0.4, 0.5) is 0 Å². The van der Waals surface area contributed by atoms with Crippen molar-refractivity contribution in [3.05, 3.63) is 0 Å². The molecule has 0 aromatic heterocycles. The van der Waals surface area contributed by atoms with Crippen LogP contribution in [0.2, 0.25) is 0 Å². The predicted octanol–water partition coefficient (Wildman–Crippen LogP) is 0.691. The number of carbonyl (C=O) groups excluding carboxylic acids is 1. The molecule has 12 heavy (non-hydrogen) atoms. The van der Waals surface area contributed by atoms with E-state index in [4.69, 9.17) is 5.73 Å². The molecule has 1 rings (SSSR count). The fourth-order valence-corrected chi connectivity index (χ4v) is 3.47. The van der Waals surface area contributed by atoms with Gasteiger partial charge < -0.3 is 5.73 Å². The first-order valence-electron chi connectivity index (χ1n) is 4.02. The minimum atomic E-state index is -0.266. The molecule has 3 N–H and O–H groups in total. The number of nitrogens with one attached hydrogen (secondary N) is 1. The third-order valence-corrected chi connectivity index (χ3v) is 3.38. The number of primary amides is 1. The molecule has 0 aliphatic carbocycles. The number of hydrogen-bond acceptors (Lipinski definition) is 3. The van der Waals surface area contributed by atoms with Gasteiger partial charge in [-0.2, -0.15) is 0 Å². The van der Waals surface area contributed by atoms with Crippen LogP contribution in [0.1, 0.15) is 27.7 Å². The number of carbonyl (C=O) groups is 1. The maximum absolute atomic E-state index is 11.1. The molecule has 0 aromatic carbocycles. The molecule has 1 fully saturated rings. The fourth-order valence-electron chi connectivity index (χ4n) is 1.68. The summed E-state index contributed by atoms with van der Waals surface area (Å²) in [7, 11) is 0. The van der Waals surface area contributed by atoms with E-state index < -0.39 is 0 Å². The van der Waals surface area contributed by atoms with Gasteiger partial charge in [-0.25, -0.2) is 0 Å². The Bertz CT molecular complexity index is 213. The van der Waals surface area contributed by atoms with Crippen molar-refractivity contribution in [2.75, 3.05) is 0 Å². The molecule has 1 amide bonds.